The minimum Gasteiger partial charge on any atom is -0.354 e. The Balaban J connectivity index is 0.00000517. The van der Waals surface area contributed by atoms with Gasteiger partial charge in [0.1, 0.15) is 5.54 Å². The zero-order valence-corrected chi connectivity index (χ0v) is 43.7. The summed E-state index contributed by atoms with van der Waals surface area (Å²) in [6, 6.07) is 68.0. The van der Waals surface area contributed by atoms with E-state index in [1.807, 2.05) is 10.8 Å². The van der Waals surface area contributed by atoms with Gasteiger partial charge in [0.25, 0.3) is 0 Å². The van der Waals surface area contributed by atoms with Crippen molar-refractivity contribution in [2.45, 2.75) is 64.8 Å². The van der Waals surface area contributed by atoms with Gasteiger partial charge in [-0.3, -0.25) is 4.98 Å². The van der Waals surface area contributed by atoms with Gasteiger partial charge in [-0.2, -0.15) is 48.5 Å². The first kappa shape index (κ1) is 45.0. The van der Waals surface area contributed by atoms with Gasteiger partial charge in [0.2, 0.25) is 6.33 Å². The van der Waals surface area contributed by atoms with E-state index in [0.717, 1.165) is 27.9 Å². The van der Waals surface area contributed by atoms with Crippen molar-refractivity contribution in [2.24, 2.45) is 7.05 Å². The number of benzene rings is 8. The van der Waals surface area contributed by atoms with Crippen molar-refractivity contribution in [3.05, 3.63) is 295 Å². The molecule has 13 rings (SSSR count). The van der Waals surface area contributed by atoms with Gasteiger partial charge in [0, 0.05) is 43.8 Å². The van der Waals surface area contributed by atoms with Crippen LogP contribution in [0.5, 0.6) is 0 Å². The first-order chi connectivity index (χ1) is 34.0. The number of nitrogens with zero attached hydrogens (tertiary/aromatic N) is 3. The van der Waals surface area contributed by atoms with Gasteiger partial charge in [-0.15, -0.1) is 22.3 Å². The molecule has 0 N–H and O–H groups in total. The molecule has 0 amide bonds. The number of rotatable bonds is 6. The summed E-state index contributed by atoms with van der Waals surface area (Å²) in [5.41, 5.74) is 26.8. The number of aryl methyl sites for hydroxylation is 8. The van der Waals surface area contributed by atoms with E-state index in [0.29, 0.717) is 0 Å². The van der Waals surface area contributed by atoms with Crippen LogP contribution in [0.25, 0.3) is 33.4 Å². The summed E-state index contributed by atoms with van der Waals surface area (Å²) in [5, 5.41) is 0. The maximum Gasteiger partial charge on any atom is 0.204 e. The zero-order valence-electron chi connectivity index (χ0n) is 41.4. The molecule has 0 fully saturated rings. The SMILES string of the molecule is Cc1ccnc(C2(c3[c-]c(C4(c5[c-]c(C6(n7[c-][n+](C)cc7)c7cccc(C)c7-c7c(C)cccc76)ccc5)c5cccc(C)c5-c5c(C)cccc54)ccc3)c3cccc(C)c3-c3c(C)cccc32)c1.[Pt]. The molecule has 0 radical (unpaired) electrons. The van der Waals surface area contributed by atoms with Crippen LogP contribution in [-0.4, -0.2) is 9.55 Å². The molecule has 0 bridgehead atoms. The van der Waals surface area contributed by atoms with Gasteiger partial charge < -0.3 is 9.13 Å². The Morgan fingerprint density at radius 2 is 0.775 bits per heavy atom. The number of hydrogen-bond acceptors (Lipinski definition) is 1. The molecule has 8 aromatic carbocycles. The van der Waals surface area contributed by atoms with Gasteiger partial charge in [-0.25, -0.2) is 0 Å². The summed E-state index contributed by atoms with van der Waals surface area (Å²) in [6.07, 6.45) is 10.0. The van der Waals surface area contributed by atoms with Crippen molar-refractivity contribution in [1.29, 1.82) is 0 Å². The minimum absolute atomic E-state index is 0. The molecule has 0 aliphatic heterocycles. The molecule has 0 saturated heterocycles. The van der Waals surface area contributed by atoms with Gasteiger partial charge in [-0.05, 0) is 168 Å². The van der Waals surface area contributed by atoms with E-state index in [1.54, 1.807) is 0 Å². The third kappa shape index (κ3) is 5.82. The Hall–Kier alpha value is -7.19. The van der Waals surface area contributed by atoms with Gasteiger partial charge in [0.15, 0.2) is 0 Å². The molecule has 0 spiro atoms. The maximum absolute atomic E-state index is 5.33. The second kappa shape index (κ2) is 16.2. The largest absolute Gasteiger partial charge is 0.354 e. The Morgan fingerprint density at radius 1 is 0.423 bits per heavy atom. The van der Waals surface area contributed by atoms with Gasteiger partial charge in [-0.1, -0.05) is 109 Å². The molecule has 0 saturated carbocycles. The van der Waals surface area contributed by atoms with Crippen molar-refractivity contribution in [1.82, 2.24) is 9.55 Å². The molecule has 348 valence electrons. The average Bonchev–Trinajstić information content (AvgIpc) is 4.11. The van der Waals surface area contributed by atoms with Crippen LogP contribution in [0, 0.1) is 66.9 Å². The Bertz CT molecular complexity index is 3690. The second-order valence-corrected chi connectivity index (χ2v) is 20.2. The monoisotopic (exact) mass is 1090 g/mol. The van der Waals surface area contributed by atoms with E-state index >= 15 is 0 Å². The molecule has 4 heteroatoms. The normalized spacial score (nSPS) is 14.7. The molecule has 0 unspecified atom stereocenters. The van der Waals surface area contributed by atoms with Crippen LogP contribution >= 0.6 is 0 Å². The van der Waals surface area contributed by atoms with Crippen molar-refractivity contribution >= 4 is 0 Å². The van der Waals surface area contributed by atoms with Gasteiger partial charge >= 0.3 is 0 Å². The number of fused-ring (bicyclic) bond motifs is 9. The Kier molecular flexibility index (Phi) is 10.2. The smallest absolute Gasteiger partial charge is 0.204 e. The van der Waals surface area contributed by atoms with Crippen molar-refractivity contribution in [3.8, 4) is 33.4 Å². The molecule has 10 aromatic rings. The zero-order chi connectivity index (χ0) is 47.8. The third-order valence-corrected chi connectivity index (χ3v) is 16.3. The summed E-state index contributed by atoms with van der Waals surface area (Å²) in [6.45, 7) is 15.7. The molecule has 0 atom stereocenters. The van der Waals surface area contributed by atoms with Crippen LogP contribution in [0.15, 0.2) is 176 Å². The average molecular weight is 1100 g/mol. The molecular formula is C67H53N3Pt-2. The predicted molar refractivity (Wildman–Crippen MR) is 281 cm³/mol. The molecule has 3 nitrogen and oxygen atoms in total. The van der Waals surface area contributed by atoms with Crippen molar-refractivity contribution in [3.63, 3.8) is 0 Å². The Morgan fingerprint density at radius 3 is 1.18 bits per heavy atom. The molecular weight excluding hydrogens is 1040 g/mol. The number of aromatic nitrogens is 3. The van der Waals surface area contributed by atoms with Crippen LogP contribution in [0.4, 0.5) is 0 Å². The number of hydrogen-bond donors (Lipinski definition) is 0. The second-order valence-electron chi connectivity index (χ2n) is 20.2. The van der Waals surface area contributed by atoms with E-state index < -0.39 is 16.4 Å². The van der Waals surface area contributed by atoms with Crippen LogP contribution in [0.2, 0.25) is 0 Å². The van der Waals surface area contributed by atoms with Crippen LogP contribution in [0.1, 0.15) is 100 Å². The molecule has 2 aromatic heterocycles. The maximum atomic E-state index is 5.33. The fraction of sp³-hybridized carbons (Fsp3) is 0.164. The first-order valence-corrected chi connectivity index (χ1v) is 24.6. The molecule has 3 aliphatic carbocycles. The van der Waals surface area contributed by atoms with E-state index in [-0.39, 0.29) is 21.1 Å². The van der Waals surface area contributed by atoms with E-state index in [2.05, 4.69) is 249 Å². The quantitative estimate of drug-likeness (QED) is 0.120. The van der Waals surface area contributed by atoms with E-state index in [9.17, 15) is 0 Å². The van der Waals surface area contributed by atoms with Crippen LogP contribution in [0.3, 0.4) is 0 Å². The minimum atomic E-state index is -0.824. The van der Waals surface area contributed by atoms with Crippen molar-refractivity contribution < 1.29 is 25.6 Å². The number of pyridine rings is 1. The summed E-state index contributed by atoms with van der Waals surface area (Å²) < 4.78 is 4.33. The fourth-order valence-electron chi connectivity index (χ4n) is 13.5. The molecule has 71 heavy (non-hydrogen) atoms. The predicted octanol–water partition coefficient (Wildman–Crippen LogP) is 13.8. The first-order valence-electron chi connectivity index (χ1n) is 24.6. The molecule has 2 heterocycles. The number of imidazole rings is 1. The van der Waals surface area contributed by atoms with Crippen LogP contribution < -0.4 is 4.57 Å². The summed E-state index contributed by atoms with van der Waals surface area (Å²) in [4.78, 5) is 5.33. The third-order valence-electron chi connectivity index (χ3n) is 16.3. The summed E-state index contributed by atoms with van der Waals surface area (Å²) in [7, 11) is 2.06. The van der Waals surface area contributed by atoms with E-state index in [1.165, 1.54) is 106 Å². The molecule has 3 aliphatic rings. The van der Waals surface area contributed by atoms with E-state index in [4.69, 9.17) is 4.98 Å². The van der Waals surface area contributed by atoms with Crippen LogP contribution in [-0.2, 0) is 44.5 Å². The summed E-state index contributed by atoms with van der Waals surface area (Å²) in [5.74, 6) is 0. The topological polar surface area (TPSA) is 21.7 Å². The van der Waals surface area contributed by atoms with Gasteiger partial charge in [0.05, 0.1) is 18.2 Å². The fourth-order valence-corrected chi connectivity index (χ4v) is 13.5. The Labute approximate surface area is 432 Å². The standard InChI is InChI=1S/C67H53N3.Pt/c1-41-33-34-68-58(37-41)66(54-29-11-19-44(4)61(54)62-45(5)20-12-30-55(62)66)50-25-15-23-48(38-50)65(52-27-9-17-42(2)59(52)60-43(3)18-10-28-53(60)65)49-24-16-26-51(39-49)67(70-36-35-69(8)40-70)56-31-13-21-46(6)63(56)64-47(7)22-14-32-57(64)67;/h9-37H,1-8H3;/q-2;. The van der Waals surface area contributed by atoms with Crippen molar-refractivity contribution in [2.75, 3.05) is 0 Å². The summed E-state index contributed by atoms with van der Waals surface area (Å²) >= 11 is 0.